The summed E-state index contributed by atoms with van der Waals surface area (Å²) >= 11 is 9.88. The van der Waals surface area contributed by atoms with Crippen LogP contribution in [0, 0.1) is 0 Å². The van der Waals surface area contributed by atoms with Gasteiger partial charge in [0.15, 0.2) is 0 Å². The van der Waals surface area contributed by atoms with E-state index >= 15 is 0 Å². The first-order chi connectivity index (χ1) is 5.06. The Morgan fingerprint density at radius 1 is 1.45 bits per heavy atom. The van der Waals surface area contributed by atoms with Gasteiger partial charge in [0.25, 0.3) is 0 Å². The summed E-state index contributed by atoms with van der Waals surface area (Å²) in [5, 5.41) is 6.03. The molecule has 0 aliphatic heterocycles. The molecule has 0 heterocycles. The van der Waals surface area contributed by atoms with Gasteiger partial charge < -0.3 is 10.6 Å². The predicted octanol–water partition coefficient (Wildman–Crippen LogP) is 1.25. The lowest BCUT2D eigenvalue weighted by Crippen LogP contribution is -2.33. The first-order valence-electron chi connectivity index (χ1n) is 3.54. The van der Waals surface area contributed by atoms with Crippen LogP contribution >= 0.6 is 24.4 Å². The fourth-order valence-corrected chi connectivity index (χ4v) is 1.23. The summed E-state index contributed by atoms with van der Waals surface area (Å²) < 4.78 is 0. The van der Waals surface area contributed by atoms with Gasteiger partial charge in [0.05, 0.1) is 9.98 Å². The monoisotopic (exact) mass is 190 g/mol. The highest BCUT2D eigenvalue weighted by molar-refractivity contribution is 7.80. The van der Waals surface area contributed by atoms with E-state index in [-0.39, 0.29) is 0 Å². The van der Waals surface area contributed by atoms with Gasteiger partial charge in [-0.2, -0.15) is 0 Å². The van der Waals surface area contributed by atoms with E-state index in [1.807, 2.05) is 14.0 Å². The Morgan fingerprint density at radius 3 is 2.36 bits per heavy atom. The lowest BCUT2D eigenvalue weighted by Gasteiger charge is -2.13. The van der Waals surface area contributed by atoms with Crippen molar-refractivity contribution in [2.24, 2.45) is 0 Å². The van der Waals surface area contributed by atoms with Gasteiger partial charge in [0, 0.05) is 19.5 Å². The molecule has 0 aliphatic carbocycles. The molecule has 0 saturated heterocycles. The summed E-state index contributed by atoms with van der Waals surface area (Å²) in [4.78, 5) is 1.68. The Morgan fingerprint density at radius 2 is 2.00 bits per heavy atom. The van der Waals surface area contributed by atoms with Crippen LogP contribution in [0.15, 0.2) is 0 Å². The lowest BCUT2D eigenvalue weighted by molar-refractivity contribution is 0.691. The van der Waals surface area contributed by atoms with Gasteiger partial charge in [-0.15, -0.1) is 0 Å². The molecule has 2 nitrogen and oxygen atoms in total. The minimum Gasteiger partial charge on any atom is -0.383 e. The van der Waals surface area contributed by atoms with Crippen molar-refractivity contribution < 1.29 is 0 Å². The molecule has 4 heteroatoms. The maximum atomic E-state index is 4.99. The highest BCUT2D eigenvalue weighted by Crippen LogP contribution is 1.91. The van der Waals surface area contributed by atoms with Crippen LogP contribution in [0.1, 0.15) is 20.3 Å². The highest BCUT2D eigenvalue weighted by atomic mass is 32.1. The van der Waals surface area contributed by atoms with E-state index in [4.69, 9.17) is 24.4 Å². The first-order valence-corrected chi connectivity index (χ1v) is 4.35. The van der Waals surface area contributed by atoms with Gasteiger partial charge in [-0.1, -0.05) is 24.4 Å². The van der Waals surface area contributed by atoms with Gasteiger partial charge in [-0.3, -0.25) is 0 Å². The topological polar surface area (TPSA) is 24.1 Å². The second-order valence-electron chi connectivity index (χ2n) is 2.48. The normalized spacial score (nSPS) is 11.9. The molecular weight excluding hydrogens is 176 g/mol. The Balaban J connectivity index is 3.60. The second-order valence-corrected chi connectivity index (χ2v) is 3.58. The molecule has 0 aromatic heterocycles. The third kappa shape index (κ3) is 6.19. The molecule has 0 aromatic carbocycles. The van der Waals surface area contributed by atoms with Crippen LogP contribution in [0.5, 0.6) is 0 Å². The van der Waals surface area contributed by atoms with E-state index in [9.17, 15) is 0 Å². The third-order valence-electron chi connectivity index (χ3n) is 1.22. The molecule has 1 atom stereocenters. The molecule has 0 spiro atoms. The van der Waals surface area contributed by atoms with E-state index < -0.39 is 0 Å². The molecule has 64 valence electrons. The zero-order chi connectivity index (χ0) is 8.85. The summed E-state index contributed by atoms with van der Waals surface area (Å²) in [7, 11) is 1.83. The smallest absolute Gasteiger partial charge is 0.0771 e. The third-order valence-corrected chi connectivity index (χ3v) is 1.71. The highest BCUT2D eigenvalue weighted by Gasteiger charge is 2.02. The van der Waals surface area contributed by atoms with Gasteiger partial charge in [-0.05, 0) is 13.8 Å². The molecule has 0 aromatic rings. The molecule has 11 heavy (non-hydrogen) atoms. The molecule has 0 bridgehead atoms. The number of rotatable bonds is 3. The number of thiocarbonyl (C=S) groups is 2. The summed E-state index contributed by atoms with van der Waals surface area (Å²) in [5.41, 5.74) is 0. The molecule has 0 rings (SSSR count). The molecular formula is C7H14N2S2. The number of hydrogen-bond donors (Lipinski definition) is 2. The molecule has 0 amide bonds. The second kappa shape index (κ2) is 5.43. The Hall–Kier alpha value is -0.220. The van der Waals surface area contributed by atoms with Gasteiger partial charge >= 0.3 is 0 Å². The Kier molecular flexibility index (Phi) is 5.32. The van der Waals surface area contributed by atoms with Crippen molar-refractivity contribution in [2.45, 2.75) is 26.3 Å². The van der Waals surface area contributed by atoms with Crippen LogP contribution in [-0.4, -0.2) is 23.1 Å². The maximum absolute atomic E-state index is 4.99. The van der Waals surface area contributed by atoms with Crippen LogP contribution in [0.2, 0.25) is 0 Å². The van der Waals surface area contributed by atoms with E-state index in [1.54, 1.807) is 0 Å². The van der Waals surface area contributed by atoms with Crippen molar-refractivity contribution in [2.75, 3.05) is 7.05 Å². The summed E-state index contributed by atoms with van der Waals surface area (Å²) in [6, 6.07) is 0.326. The maximum Gasteiger partial charge on any atom is 0.0771 e. The van der Waals surface area contributed by atoms with Crippen molar-refractivity contribution in [1.82, 2.24) is 10.6 Å². The first kappa shape index (κ1) is 10.8. The molecule has 0 fully saturated rings. The summed E-state index contributed by atoms with van der Waals surface area (Å²) in [6.07, 6.45) is 0.833. The Bertz CT molecular complexity index is 157. The zero-order valence-corrected chi connectivity index (χ0v) is 8.73. The fraction of sp³-hybridized carbons (Fsp3) is 0.714. The molecule has 1 unspecified atom stereocenters. The molecule has 0 radical (unpaired) electrons. The van der Waals surface area contributed by atoms with E-state index in [2.05, 4.69) is 17.6 Å². The minimum absolute atomic E-state index is 0.326. The molecule has 0 aliphatic rings. The fourth-order valence-electron chi connectivity index (χ4n) is 0.778. The number of nitrogens with one attached hydrogen (secondary N) is 2. The van der Waals surface area contributed by atoms with E-state index in [0.29, 0.717) is 6.04 Å². The van der Waals surface area contributed by atoms with Crippen molar-refractivity contribution in [3.8, 4) is 0 Å². The average Bonchev–Trinajstić information content (AvgIpc) is 1.85. The van der Waals surface area contributed by atoms with Crippen LogP contribution in [-0.2, 0) is 0 Å². The number of hydrogen-bond acceptors (Lipinski definition) is 2. The van der Waals surface area contributed by atoms with Gasteiger partial charge in [-0.25, -0.2) is 0 Å². The largest absolute Gasteiger partial charge is 0.383 e. The van der Waals surface area contributed by atoms with Gasteiger partial charge in [0.1, 0.15) is 0 Å². The van der Waals surface area contributed by atoms with Gasteiger partial charge in [0.2, 0.25) is 0 Å². The molecule has 0 saturated carbocycles. The van der Waals surface area contributed by atoms with Crippen molar-refractivity contribution in [3.63, 3.8) is 0 Å². The zero-order valence-electron chi connectivity index (χ0n) is 7.10. The van der Waals surface area contributed by atoms with Crippen LogP contribution in [0.25, 0.3) is 0 Å². The molecule has 2 N–H and O–H groups in total. The van der Waals surface area contributed by atoms with E-state index in [0.717, 1.165) is 16.4 Å². The average molecular weight is 190 g/mol. The standard InChI is InChI=1S/C7H14N2S2/c1-5(9-6(2)10)4-7(11)8-3/h5H,4H2,1-3H3,(H,8,11)(H,9,10). The van der Waals surface area contributed by atoms with Crippen molar-refractivity contribution in [3.05, 3.63) is 0 Å². The summed E-state index contributed by atoms with van der Waals surface area (Å²) in [5.74, 6) is 0. The van der Waals surface area contributed by atoms with Crippen LogP contribution in [0.4, 0.5) is 0 Å². The predicted molar refractivity (Wildman–Crippen MR) is 57.1 cm³/mol. The van der Waals surface area contributed by atoms with Crippen molar-refractivity contribution >= 4 is 34.4 Å². The SMILES string of the molecule is CNC(=S)CC(C)NC(C)=S. The Labute approximate surface area is 78.7 Å². The quantitative estimate of drug-likeness (QED) is 0.654. The van der Waals surface area contributed by atoms with Crippen LogP contribution in [0.3, 0.4) is 0 Å². The van der Waals surface area contributed by atoms with Crippen molar-refractivity contribution in [1.29, 1.82) is 0 Å². The van der Waals surface area contributed by atoms with Crippen LogP contribution < -0.4 is 10.6 Å². The van der Waals surface area contributed by atoms with E-state index in [1.165, 1.54) is 0 Å². The lowest BCUT2D eigenvalue weighted by atomic mass is 10.2. The minimum atomic E-state index is 0.326. The summed E-state index contributed by atoms with van der Waals surface area (Å²) in [6.45, 7) is 3.92.